The molecule has 1 saturated heterocycles. The maximum absolute atomic E-state index is 13.1. The highest BCUT2D eigenvalue weighted by molar-refractivity contribution is 6.31. The minimum Gasteiger partial charge on any atom is -0.489 e. The van der Waals surface area contributed by atoms with Gasteiger partial charge in [0.2, 0.25) is 0 Å². The molecule has 1 aliphatic rings. The van der Waals surface area contributed by atoms with Crippen molar-refractivity contribution < 1.29 is 9.53 Å². The Kier molecular flexibility index (Phi) is 15.8. The van der Waals surface area contributed by atoms with Gasteiger partial charge in [0, 0.05) is 36.1 Å². The molecule has 5 nitrogen and oxygen atoms in total. The number of carbonyl (C=O) groups is 1. The number of likely N-dealkylation sites (tertiary alicyclic amines) is 1. The molecule has 46 heavy (non-hydrogen) atoms. The monoisotopic (exact) mass is 641 g/mol. The largest absolute Gasteiger partial charge is 0.489 e. The summed E-state index contributed by atoms with van der Waals surface area (Å²) in [5, 5.41) is 3.79. The SMILES string of the molecule is CC.CC.CN(C)C(CNC(=O)c1cccc(OC2CCCN(CC(c3ccccc3)c3ccccc3)C2)c1)c1ccccc1Cl. The predicted octanol–water partition coefficient (Wildman–Crippen LogP) is 9.10. The number of piperidine rings is 1. The number of hydrogen-bond acceptors (Lipinski definition) is 4. The summed E-state index contributed by atoms with van der Waals surface area (Å²) in [5.74, 6) is 0.903. The zero-order valence-electron chi connectivity index (χ0n) is 28.5. The fourth-order valence-corrected chi connectivity index (χ4v) is 6.08. The summed E-state index contributed by atoms with van der Waals surface area (Å²) in [7, 11) is 3.98. The lowest BCUT2D eigenvalue weighted by molar-refractivity contribution is 0.0860. The van der Waals surface area contributed by atoms with Crippen molar-refractivity contribution in [2.75, 3.05) is 40.3 Å². The van der Waals surface area contributed by atoms with Gasteiger partial charge in [-0.05, 0) is 74.4 Å². The molecule has 0 saturated carbocycles. The fourth-order valence-electron chi connectivity index (χ4n) is 5.82. The lowest BCUT2D eigenvalue weighted by Gasteiger charge is -2.35. The second-order valence-electron chi connectivity index (χ2n) is 11.3. The van der Waals surface area contributed by atoms with Gasteiger partial charge in [-0.25, -0.2) is 0 Å². The Balaban J connectivity index is 0.00000139. The van der Waals surface area contributed by atoms with Gasteiger partial charge in [-0.1, -0.05) is 124 Å². The van der Waals surface area contributed by atoms with Gasteiger partial charge in [0.15, 0.2) is 0 Å². The van der Waals surface area contributed by atoms with E-state index in [-0.39, 0.29) is 18.1 Å². The van der Waals surface area contributed by atoms with Crippen molar-refractivity contribution in [1.29, 1.82) is 0 Å². The van der Waals surface area contributed by atoms with Crippen molar-refractivity contribution in [1.82, 2.24) is 15.1 Å². The van der Waals surface area contributed by atoms with E-state index >= 15 is 0 Å². The lowest BCUT2D eigenvalue weighted by Crippen LogP contribution is -2.43. The van der Waals surface area contributed by atoms with Crippen molar-refractivity contribution in [3.63, 3.8) is 0 Å². The van der Waals surface area contributed by atoms with Crippen LogP contribution >= 0.6 is 11.6 Å². The number of benzene rings is 4. The van der Waals surface area contributed by atoms with Crippen molar-refractivity contribution in [3.05, 3.63) is 136 Å². The van der Waals surface area contributed by atoms with Crippen molar-refractivity contribution in [2.24, 2.45) is 0 Å². The van der Waals surface area contributed by atoms with Gasteiger partial charge in [-0.2, -0.15) is 0 Å². The van der Waals surface area contributed by atoms with Gasteiger partial charge in [-0.3, -0.25) is 9.69 Å². The minimum atomic E-state index is -0.127. The summed E-state index contributed by atoms with van der Waals surface area (Å²) in [5.41, 5.74) is 4.24. The number of rotatable bonds is 11. The van der Waals surface area contributed by atoms with E-state index in [4.69, 9.17) is 16.3 Å². The van der Waals surface area contributed by atoms with Crippen LogP contribution in [0.5, 0.6) is 5.75 Å². The highest BCUT2D eigenvalue weighted by Crippen LogP contribution is 2.28. The molecule has 2 unspecified atom stereocenters. The number of nitrogens with zero attached hydrogens (tertiary/aromatic N) is 2. The molecule has 1 heterocycles. The Morgan fingerprint density at radius 2 is 1.48 bits per heavy atom. The zero-order valence-corrected chi connectivity index (χ0v) is 29.2. The van der Waals surface area contributed by atoms with E-state index in [1.54, 1.807) is 0 Å². The van der Waals surface area contributed by atoms with Crippen LogP contribution in [0.4, 0.5) is 0 Å². The second kappa shape index (κ2) is 19.8. The zero-order chi connectivity index (χ0) is 33.3. The molecule has 0 bridgehead atoms. The molecule has 1 aliphatic heterocycles. The molecule has 1 N–H and O–H groups in total. The molecule has 246 valence electrons. The van der Waals surface area contributed by atoms with Gasteiger partial charge in [0.25, 0.3) is 5.91 Å². The molecule has 1 amide bonds. The Labute approximate surface area is 282 Å². The topological polar surface area (TPSA) is 44.8 Å². The van der Waals surface area contributed by atoms with E-state index < -0.39 is 0 Å². The summed E-state index contributed by atoms with van der Waals surface area (Å²) in [6, 6.07) is 36.8. The smallest absolute Gasteiger partial charge is 0.251 e. The maximum Gasteiger partial charge on any atom is 0.251 e. The molecule has 0 radical (unpaired) electrons. The number of likely N-dealkylation sites (N-methyl/N-ethyl adjacent to an activating group) is 1. The van der Waals surface area contributed by atoms with E-state index in [1.165, 1.54) is 11.1 Å². The standard InChI is InChI=1S/C36H40ClN3O2.2C2H6/c1-39(2)35(32-20-9-10-21-34(32)37)24-38-36(41)29-17-11-18-30(23-29)42-31-19-12-22-40(25-31)26-33(27-13-5-3-6-14-27)28-15-7-4-8-16-28;2*1-2/h3-11,13-18,20-21,23,31,33,35H,12,19,22,24-26H2,1-2H3,(H,38,41);2*1-2H3. The van der Waals surface area contributed by atoms with E-state index in [0.29, 0.717) is 23.0 Å². The quantitative estimate of drug-likeness (QED) is 0.177. The van der Waals surface area contributed by atoms with Crippen LogP contribution in [0.15, 0.2) is 109 Å². The normalized spacial score (nSPS) is 15.2. The Hall–Kier alpha value is -3.64. The van der Waals surface area contributed by atoms with Gasteiger partial charge < -0.3 is 15.0 Å². The number of ether oxygens (including phenoxy) is 1. The first-order valence-corrected chi connectivity index (χ1v) is 17.1. The second-order valence-corrected chi connectivity index (χ2v) is 11.7. The van der Waals surface area contributed by atoms with Crippen LogP contribution in [-0.4, -0.2) is 62.1 Å². The van der Waals surface area contributed by atoms with Crippen LogP contribution in [0.1, 0.15) is 79.5 Å². The summed E-state index contributed by atoms with van der Waals surface area (Å²) in [6.07, 6.45) is 2.15. The molecule has 6 heteroatoms. The van der Waals surface area contributed by atoms with E-state index in [9.17, 15) is 4.79 Å². The predicted molar refractivity (Wildman–Crippen MR) is 194 cm³/mol. The molecule has 0 spiro atoms. The number of amides is 1. The Bertz CT molecular complexity index is 1390. The van der Waals surface area contributed by atoms with E-state index in [2.05, 4.69) is 75.8 Å². The summed E-state index contributed by atoms with van der Waals surface area (Å²) < 4.78 is 6.47. The number of carbonyl (C=O) groups excluding carboxylic acids is 1. The van der Waals surface area contributed by atoms with Crippen LogP contribution in [0.2, 0.25) is 5.02 Å². The number of nitrogens with one attached hydrogen (secondary N) is 1. The summed E-state index contributed by atoms with van der Waals surface area (Å²) >= 11 is 6.45. The first-order chi connectivity index (χ1) is 22.5. The average molecular weight is 642 g/mol. The first kappa shape index (κ1) is 36.8. The molecule has 0 aromatic heterocycles. The first-order valence-electron chi connectivity index (χ1n) is 16.8. The van der Waals surface area contributed by atoms with Crippen molar-refractivity contribution >= 4 is 17.5 Å². The average Bonchev–Trinajstić information content (AvgIpc) is 3.10. The highest BCUT2D eigenvalue weighted by Gasteiger charge is 2.25. The molecule has 2 atom stereocenters. The molecular formula is C40H52ClN3O2. The summed E-state index contributed by atoms with van der Waals surface area (Å²) in [4.78, 5) is 17.7. The van der Waals surface area contributed by atoms with Gasteiger partial charge >= 0.3 is 0 Å². The van der Waals surface area contributed by atoms with Crippen LogP contribution in [-0.2, 0) is 0 Å². The molecule has 0 aliphatic carbocycles. The molecule has 4 aromatic carbocycles. The third-order valence-electron chi connectivity index (χ3n) is 8.05. The Morgan fingerprint density at radius 3 is 2.09 bits per heavy atom. The highest BCUT2D eigenvalue weighted by atomic mass is 35.5. The van der Waals surface area contributed by atoms with Gasteiger partial charge in [0.1, 0.15) is 11.9 Å². The fraction of sp³-hybridized carbons (Fsp3) is 0.375. The van der Waals surface area contributed by atoms with Crippen LogP contribution in [0.25, 0.3) is 0 Å². The third-order valence-corrected chi connectivity index (χ3v) is 8.39. The number of hydrogen-bond donors (Lipinski definition) is 1. The van der Waals surface area contributed by atoms with E-state index in [1.807, 2.05) is 90.3 Å². The molecule has 1 fully saturated rings. The lowest BCUT2D eigenvalue weighted by atomic mass is 9.90. The number of halogens is 1. The summed E-state index contributed by atoms with van der Waals surface area (Å²) in [6.45, 7) is 11.3. The Morgan fingerprint density at radius 1 is 0.870 bits per heavy atom. The van der Waals surface area contributed by atoms with E-state index in [0.717, 1.165) is 43.8 Å². The third kappa shape index (κ3) is 10.7. The molecule has 5 rings (SSSR count). The van der Waals surface area contributed by atoms with Crippen LogP contribution in [0.3, 0.4) is 0 Å². The van der Waals surface area contributed by atoms with Gasteiger partial charge in [-0.15, -0.1) is 0 Å². The van der Waals surface area contributed by atoms with Crippen molar-refractivity contribution in [3.8, 4) is 5.75 Å². The maximum atomic E-state index is 13.1. The molecule has 4 aromatic rings. The van der Waals surface area contributed by atoms with Gasteiger partial charge in [0.05, 0.1) is 6.04 Å². The van der Waals surface area contributed by atoms with Crippen LogP contribution < -0.4 is 10.1 Å². The molecular weight excluding hydrogens is 590 g/mol. The van der Waals surface area contributed by atoms with Crippen molar-refractivity contribution in [2.45, 2.75) is 58.6 Å². The van der Waals surface area contributed by atoms with Crippen LogP contribution in [0, 0.1) is 0 Å². The minimum absolute atomic E-state index is 0.0362.